The molecule has 0 atom stereocenters. The number of hydrogen-bond donors (Lipinski definition) is 0. The van der Waals surface area contributed by atoms with E-state index in [9.17, 15) is 5.26 Å². The van der Waals surface area contributed by atoms with Gasteiger partial charge in [-0.15, -0.1) is 0 Å². The van der Waals surface area contributed by atoms with Gasteiger partial charge in [-0.25, -0.2) is 4.98 Å². The lowest BCUT2D eigenvalue weighted by atomic mass is 10.1. The highest BCUT2D eigenvalue weighted by Crippen LogP contribution is 2.27. The van der Waals surface area contributed by atoms with Gasteiger partial charge in [0.1, 0.15) is 11.8 Å². The average Bonchev–Trinajstić information content (AvgIpc) is 2.68. The monoisotopic (exact) mass is 322 g/mol. The summed E-state index contributed by atoms with van der Waals surface area (Å²) in [5.41, 5.74) is 3.58. The normalized spacial score (nSPS) is 10.4. The second-order valence-electron chi connectivity index (χ2n) is 5.63. The molecule has 0 saturated carbocycles. The van der Waals surface area contributed by atoms with E-state index in [0.29, 0.717) is 17.2 Å². The Balaban J connectivity index is 1.64. The lowest BCUT2D eigenvalue weighted by molar-refractivity contribution is 0.465. The number of rotatable bonds is 3. The fourth-order valence-corrected chi connectivity index (χ4v) is 2.76. The first kappa shape index (κ1) is 14.9. The van der Waals surface area contributed by atoms with Crippen LogP contribution in [-0.4, -0.2) is 4.98 Å². The van der Waals surface area contributed by atoms with E-state index < -0.39 is 0 Å². The number of para-hydroxylation sites is 1. The average molecular weight is 322 g/mol. The second-order valence-corrected chi connectivity index (χ2v) is 5.63. The molecule has 4 aromatic rings. The first-order valence-corrected chi connectivity index (χ1v) is 7.97. The number of ether oxygens (including phenoxy) is 1. The first-order chi connectivity index (χ1) is 12.3. The molecule has 0 aliphatic carbocycles. The number of pyridine rings is 1. The highest BCUT2D eigenvalue weighted by molar-refractivity contribution is 5.85. The molecule has 0 saturated heterocycles. The summed E-state index contributed by atoms with van der Waals surface area (Å²) < 4.78 is 5.86. The van der Waals surface area contributed by atoms with Gasteiger partial charge in [0.25, 0.3) is 0 Å². The largest absolute Gasteiger partial charge is 0.439 e. The van der Waals surface area contributed by atoms with E-state index in [1.54, 1.807) is 6.07 Å². The van der Waals surface area contributed by atoms with Gasteiger partial charge in [0, 0.05) is 11.5 Å². The van der Waals surface area contributed by atoms with Gasteiger partial charge >= 0.3 is 0 Å². The molecule has 1 heterocycles. The molecule has 3 aromatic carbocycles. The van der Waals surface area contributed by atoms with Crippen LogP contribution in [0.3, 0.4) is 0 Å². The van der Waals surface area contributed by atoms with E-state index in [-0.39, 0.29) is 0 Å². The zero-order chi connectivity index (χ0) is 17.1. The van der Waals surface area contributed by atoms with Crippen LogP contribution >= 0.6 is 0 Å². The summed E-state index contributed by atoms with van der Waals surface area (Å²) in [5, 5.41) is 10.2. The molecule has 118 valence electrons. The number of fused-ring (bicyclic) bond motifs is 1. The number of benzene rings is 3. The fraction of sp³-hybridized carbons (Fsp3) is 0. The molecule has 0 aliphatic heterocycles. The smallest absolute Gasteiger partial charge is 0.221 e. The molecule has 0 amide bonds. The Morgan fingerprint density at radius 1 is 0.760 bits per heavy atom. The highest BCUT2D eigenvalue weighted by atomic mass is 16.5. The van der Waals surface area contributed by atoms with Crippen molar-refractivity contribution >= 4 is 10.9 Å². The van der Waals surface area contributed by atoms with Gasteiger partial charge in [-0.3, -0.25) is 0 Å². The Morgan fingerprint density at radius 3 is 2.20 bits per heavy atom. The van der Waals surface area contributed by atoms with Gasteiger partial charge in [0.15, 0.2) is 0 Å². The van der Waals surface area contributed by atoms with Crippen LogP contribution < -0.4 is 4.74 Å². The van der Waals surface area contributed by atoms with Crippen LogP contribution in [0.1, 0.15) is 5.56 Å². The van der Waals surface area contributed by atoms with Gasteiger partial charge in [-0.05, 0) is 29.3 Å². The van der Waals surface area contributed by atoms with Crippen LogP contribution in [0.2, 0.25) is 0 Å². The van der Waals surface area contributed by atoms with Crippen LogP contribution in [0.15, 0.2) is 84.9 Å². The number of aromatic nitrogens is 1. The topological polar surface area (TPSA) is 45.9 Å². The van der Waals surface area contributed by atoms with Gasteiger partial charge in [0.2, 0.25) is 5.88 Å². The van der Waals surface area contributed by atoms with Crippen molar-refractivity contribution in [3.63, 3.8) is 0 Å². The predicted molar refractivity (Wildman–Crippen MR) is 98.4 cm³/mol. The maximum absolute atomic E-state index is 9.36. The standard InChI is InChI=1S/C22H14N2O/c23-15-18-14-22(24-21-9-5-4-8-20(18)21)25-19-12-10-17(11-13-19)16-6-2-1-3-7-16/h1-14H. The highest BCUT2D eigenvalue weighted by Gasteiger charge is 2.07. The van der Waals surface area contributed by atoms with Gasteiger partial charge in [-0.1, -0.05) is 60.7 Å². The summed E-state index contributed by atoms with van der Waals surface area (Å²) in [4.78, 5) is 4.49. The second kappa shape index (κ2) is 6.46. The van der Waals surface area contributed by atoms with Crippen LogP contribution in [0.25, 0.3) is 22.0 Å². The van der Waals surface area contributed by atoms with E-state index in [4.69, 9.17) is 4.74 Å². The molecule has 0 spiro atoms. The van der Waals surface area contributed by atoms with Crippen LogP contribution in [0.4, 0.5) is 0 Å². The summed E-state index contributed by atoms with van der Waals surface area (Å²) in [7, 11) is 0. The van der Waals surface area contributed by atoms with Crippen LogP contribution in [0, 0.1) is 11.3 Å². The molecule has 0 radical (unpaired) electrons. The summed E-state index contributed by atoms with van der Waals surface area (Å²) in [5.74, 6) is 1.11. The quantitative estimate of drug-likeness (QED) is 0.495. The number of nitrogens with zero attached hydrogens (tertiary/aromatic N) is 2. The summed E-state index contributed by atoms with van der Waals surface area (Å²) in [6, 6.07) is 29.4. The first-order valence-electron chi connectivity index (χ1n) is 7.97. The number of hydrogen-bond acceptors (Lipinski definition) is 3. The van der Waals surface area contributed by atoms with Crippen molar-refractivity contribution in [3.05, 3.63) is 90.5 Å². The maximum Gasteiger partial charge on any atom is 0.221 e. The molecule has 0 N–H and O–H groups in total. The van der Waals surface area contributed by atoms with Crippen molar-refractivity contribution in [3.8, 4) is 28.8 Å². The summed E-state index contributed by atoms with van der Waals surface area (Å²) >= 11 is 0. The van der Waals surface area contributed by atoms with Gasteiger partial charge < -0.3 is 4.74 Å². The molecule has 0 fully saturated rings. The Morgan fingerprint density at radius 2 is 1.44 bits per heavy atom. The minimum atomic E-state index is 0.419. The minimum Gasteiger partial charge on any atom is -0.439 e. The van der Waals surface area contributed by atoms with Crippen LogP contribution in [-0.2, 0) is 0 Å². The van der Waals surface area contributed by atoms with Crippen molar-refractivity contribution in [1.82, 2.24) is 4.98 Å². The zero-order valence-electron chi connectivity index (χ0n) is 13.4. The van der Waals surface area contributed by atoms with E-state index >= 15 is 0 Å². The predicted octanol–water partition coefficient (Wildman–Crippen LogP) is 5.57. The molecular formula is C22H14N2O. The van der Waals surface area contributed by atoms with Crippen molar-refractivity contribution < 1.29 is 4.74 Å². The Labute approximate surface area is 145 Å². The van der Waals surface area contributed by atoms with Gasteiger partial charge in [0.05, 0.1) is 11.1 Å². The van der Waals surface area contributed by atoms with Crippen LogP contribution in [0.5, 0.6) is 11.6 Å². The van der Waals surface area contributed by atoms with Crippen molar-refractivity contribution in [2.45, 2.75) is 0 Å². The molecule has 3 nitrogen and oxygen atoms in total. The SMILES string of the molecule is N#Cc1cc(Oc2ccc(-c3ccccc3)cc2)nc2ccccc12. The lowest BCUT2D eigenvalue weighted by Crippen LogP contribution is -1.91. The third-order valence-corrected chi connectivity index (χ3v) is 4.00. The third-order valence-electron chi connectivity index (χ3n) is 4.00. The zero-order valence-corrected chi connectivity index (χ0v) is 13.4. The molecule has 3 heteroatoms. The summed E-state index contributed by atoms with van der Waals surface area (Å²) in [6.07, 6.45) is 0. The van der Waals surface area contributed by atoms with E-state index in [0.717, 1.165) is 22.0 Å². The lowest BCUT2D eigenvalue weighted by Gasteiger charge is -2.08. The molecule has 0 unspecified atom stereocenters. The van der Waals surface area contributed by atoms with E-state index in [1.807, 2.05) is 66.7 Å². The molecule has 0 bridgehead atoms. The van der Waals surface area contributed by atoms with E-state index in [2.05, 4.69) is 23.2 Å². The fourth-order valence-electron chi connectivity index (χ4n) is 2.76. The summed E-state index contributed by atoms with van der Waals surface area (Å²) in [6.45, 7) is 0. The Kier molecular flexibility index (Phi) is 3.86. The maximum atomic E-state index is 9.36. The minimum absolute atomic E-state index is 0.419. The Bertz CT molecular complexity index is 1060. The molecule has 1 aromatic heterocycles. The van der Waals surface area contributed by atoms with E-state index in [1.165, 1.54) is 0 Å². The van der Waals surface area contributed by atoms with Crippen molar-refractivity contribution in [2.24, 2.45) is 0 Å². The van der Waals surface area contributed by atoms with Gasteiger partial charge in [-0.2, -0.15) is 5.26 Å². The van der Waals surface area contributed by atoms with Crippen molar-refractivity contribution in [2.75, 3.05) is 0 Å². The molecular weight excluding hydrogens is 308 g/mol. The molecule has 4 rings (SSSR count). The molecule has 0 aliphatic rings. The van der Waals surface area contributed by atoms with Crippen molar-refractivity contribution in [1.29, 1.82) is 5.26 Å². The number of nitriles is 1. The third kappa shape index (κ3) is 3.06. The Hall–Kier alpha value is -3.64. The molecule has 25 heavy (non-hydrogen) atoms.